The summed E-state index contributed by atoms with van der Waals surface area (Å²) in [6.07, 6.45) is 22.6. The van der Waals surface area contributed by atoms with Gasteiger partial charge in [0.1, 0.15) is 0 Å². The van der Waals surface area contributed by atoms with Gasteiger partial charge in [0, 0.05) is 22.3 Å². The number of fused-ring (bicyclic) bond motifs is 2. The van der Waals surface area contributed by atoms with Crippen LogP contribution in [-0.4, -0.2) is 0 Å². The Bertz CT molecular complexity index is 1320. The van der Waals surface area contributed by atoms with Gasteiger partial charge in [-0.1, -0.05) is 60.1 Å². The molecule has 126 valence electrons. The summed E-state index contributed by atoms with van der Waals surface area (Å²) >= 11 is 0. The molecule has 0 heteroatoms. The van der Waals surface area contributed by atoms with Gasteiger partial charge in [-0.05, 0) is 56.9 Å². The predicted octanol–water partition coefficient (Wildman–Crippen LogP) is 5.59. The Morgan fingerprint density at radius 2 is 0.821 bits per heavy atom. The van der Waals surface area contributed by atoms with Crippen molar-refractivity contribution in [2.24, 2.45) is 0 Å². The van der Waals surface area contributed by atoms with Gasteiger partial charge < -0.3 is 0 Å². The molecule has 0 bridgehead atoms. The van der Waals surface area contributed by atoms with E-state index in [2.05, 4.69) is 35.8 Å². The number of hydrogen-bond donors (Lipinski definition) is 0. The lowest BCUT2D eigenvalue weighted by Crippen LogP contribution is -1.90. The van der Waals surface area contributed by atoms with E-state index in [4.69, 9.17) is 25.7 Å². The first-order valence-electron chi connectivity index (χ1n) is 8.70. The summed E-state index contributed by atoms with van der Waals surface area (Å²) in [5.41, 5.74) is 5.00. The average molecular weight is 350 g/mol. The second-order valence-corrected chi connectivity index (χ2v) is 6.43. The third kappa shape index (κ3) is 2.59. The van der Waals surface area contributed by atoms with E-state index in [0.717, 1.165) is 43.8 Å². The molecule has 0 aromatic heterocycles. The van der Waals surface area contributed by atoms with Crippen LogP contribution in [0, 0.1) is 49.4 Å². The van der Waals surface area contributed by atoms with E-state index in [0.29, 0.717) is 11.1 Å². The van der Waals surface area contributed by atoms with Crippen LogP contribution < -0.4 is 0 Å². The monoisotopic (exact) mass is 350 g/mol. The van der Waals surface area contributed by atoms with Crippen molar-refractivity contribution in [1.82, 2.24) is 0 Å². The lowest BCUT2D eigenvalue weighted by Gasteiger charge is -2.13. The third-order valence-electron chi connectivity index (χ3n) is 4.95. The third-order valence-corrected chi connectivity index (χ3v) is 4.95. The Labute approximate surface area is 165 Å². The molecule has 0 saturated carbocycles. The van der Waals surface area contributed by atoms with Crippen LogP contribution >= 0.6 is 0 Å². The van der Waals surface area contributed by atoms with Crippen LogP contribution in [0.2, 0.25) is 0 Å². The molecule has 0 N–H and O–H groups in total. The minimum atomic E-state index is 0.710. The number of terminal acetylenes is 4. The summed E-state index contributed by atoms with van der Waals surface area (Å²) in [6, 6.07) is 20.2. The largest absolute Gasteiger partial charge is 0.115 e. The van der Waals surface area contributed by atoms with E-state index < -0.39 is 0 Å². The fourth-order valence-corrected chi connectivity index (χ4v) is 3.60. The first kappa shape index (κ1) is 17.1. The summed E-state index contributed by atoms with van der Waals surface area (Å²) in [4.78, 5) is 0. The van der Waals surface area contributed by atoms with Crippen LogP contribution in [0.5, 0.6) is 0 Å². The summed E-state index contributed by atoms with van der Waals surface area (Å²) in [6.45, 7) is 0. The van der Waals surface area contributed by atoms with Gasteiger partial charge in [-0.2, -0.15) is 0 Å². The molecule has 0 fully saturated rings. The van der Waals surface area contributed by atoms with Crippen molar-refractivity contribution in [2.75, 3.05) is 0 Å². The Kier molecular flexibility index (Phi) is 4.11. The predicted molar refractivity (Wildman–Crippen MR) is 119 cm³/mol. The first-order valence-corrected chi connectivity index (χ1v) is 8.70. The highest BCUT2D eigenvalue weighted by Crippen LogP contribution is 2.36. The molecule has 0 atom stereocenters. The molecule has 0 spiro atoms. The zero-order chi connectivity index (χ0) is 19.7. The Morgan fingerprint density at radius 3 is 1.18 bits per heavy atom. The van der Waals surface area contributed by atoms with Crippen LogP contribution in [0.25, 0.3) is 32.7 Å². The van der Waals surface area contributed by atoms with Gasteiger partial charge in [0.15, 0.2) is 0 Å². The van der Waals surface area contributed by atoms with Crippen molar-refractivity contribution in [1.29, 1.82) is 0 Å². The van der Waals surface area contributed by atoms with E-state index in [-0.39, 0.29) is 0 Å². The molecule has 0 nitrogen and oxygen atoms in total. The zero-order valence-electron chi connectivity index (χ0n) is 15.1. The highest BCUT2D eigenvalue weighted by Gasteiger charge is 2.11. The van der Waals surface area contributed by atoms with Crippen molar-refractivity contribution in [3.63, 3.8) is 0 Å². The maximum absolute atomic E-state index is 5.68. The fraction of sp³-hybridized carbons (Fsp3) is 0. The zero-order valence-corrected chi connectivity index (χ0v) is 15.1. The second kappa shape index (κ2) is 6.75. The summed E-state index contributed by atoms with van der Waals surface area (Å²) in [5, 5.41) is 4.17. The van der Waals surface area contributed by atoms with E-state index in [9.17, 15) is 0 Å². The van der Waals surface area contributed by atoms with Crippen molar-refractivity contribution < 1.29 is 0 Å². The molecule has 0 aliphatic carbocycles. The van der Waals surface area contributed by atoms with Crippen LogP contribution in [0.3, 0.4) is 0 Å². The summed E-state index contributed by atoms with van der Waals surface area (Å²) in [5.74, 6) is 10.7. The van der Waals surface area contributed by atoms with Crippen molar-refractivity contribution in [2.45, 2.75) is 0 Å². The highest BCUT2D eigenvalue weighted by atomic mass is 14.1. The van der Waals surface area contributed by atoms with Crippen LogP contribution in [0.1, 0.15) is 22.3 Å². The Balaban J connectivity index is 2.11. The molecule has 0 amide bonds. The standard InChI is InChI=1S/C28H14/c1-5-19-15-23-11-9-13-25(27(23)17-21(19)7-3)26-14-10-12-24-16-20(6-2)22(8-4)18-28(24)26/h1-4,9-18H. The SMILES string of the molecule is C#Cc1cc2cccc(-c3cccc4cc(C#C)c(C#C)cc34)c2cc1C#C. The van der Waals surface area contributed by atoms with E-state index in [1.54, 1.807) is 0 Å². The Hall–Kier alpha value is -4.36. The molecule has 0 aliphatic rings. The van der Waals surface area contributed by atoms with E-state index in [1.165, 1.54) is 0 Å². The lowest BCUT2D eigenvalue weighted by atomic mass is 9.90. The van der Waals surface area contributed by atoms with Crippen molar-refractivity contribution >= 4 is 21.5 Å². The van der Waals surface area contributed by atoms with Gasteiger partial charge in [0.05, 0.1) is 0 Å². The summed E-state index contributed by atoms with van der Waals surface area (Å²) in [7, 11) is 0. The van der Waals surface area contributed by atoms with E-state index in [1.807, 2.05) is 48.5 Å². The highest BCUT2D eigenvalue weighted by molar-refractivity contribution is 6.06. The van der Waals surface area contributed by atoms with Gasteiger partial charge in [-0.25, -0.2) is 0 Å². The molecule has 4 aromatic carbocycles. The first-order chi connectivity index (χ1) is 13.7. The minimum absolute atomic E-state index is 0.710. The van der Waals surface area contributed by atoms with Crippen molar-refractivity contribution in [3.8, 4) is 60.5 Å². The second-order valence-electron chi connectivity index (χ2n) is 6.43. The molecule has 4 aromatic rings. The fourth-order valence-electron chi connectivity index (χ4n) is 3.60. The minimum Gasteiger partial charge on any atom is -0.115 e. The van der Waals surface area contributed by atoms with Gasteiger partial charge in [0.25, 0.3) is 0 Å². The van der Waals surface area contributed by atoms with Crippen LogP contribution in [0.15, 0.2) is 60.7 Å². The number of hydrogen-bond acceptors (Lipinski definition) is 0. The molecule has 28 heavy (non-hydrogen) atoms. The van der Waals surface area contributed by atoms with Gasteiger partial charge >= 0.3 is 0 Å². The molecule has 0 aliphatic heterocycles. The normalized spacial score (nSPS) is 10.0. The summed E-state index contributed by atoms with van der Waals surface area (Å²) < 4.78 is 0. The maximum Gasteiger partial charge on any atom is 0.0405 e. The number of rotatable bonds is 1. The number of benzene rings is 4. The van der Waals surface area contributed by atoms with Gasteiger partial charge in [0.2, 0.25) is 0 Å². The lowest BCUT2D eigenvalue weighted by molar-refractivity contribution is 1.61. The average Bonchev–Trinajstić information content (AvgIpc) is 2.76. The maximum atomic E-state index is 5.68. The molecular formula is C28H14. The van der Waals surface area contributed by atoms with Gasteiger partial charge in [-0.15, -0.1) is 25.7 Å². The smallest absolute Gasteiger partial charge is 0.0405 e. The Morgan fingerprint density at radius 1 is 0.464 bits per heavy atom. The molecule has 0 radical (unpaired) electrons. The molecule has 4 rings (SSSR count). The topological polar surface area (TPSA) is 0 Å². The molecule has 0 unspecified atom stereocenters. The molecular weight excluding hydrogens is 336 g/mol. The van der Waals surface area contributed by atoms with Crippen LogP contribution in [-0.2, 0) is 0 Å². The van der Waals surface area contributed by atoms with E-state index >= 15 is 0 Å². The van der Waals surface area contributed by atoms with Gasteiger partial charge in [-0.3, -0.25) is 0 Å². The quantitative estimate of drug-likeness (QED) is 0.393. The molecule has 0 heterocycles. The van der Waals surface area contributed by atoms with Crippen molar-refractivity contribution in [3.05, 3.63) is 82.9 Å². The van der Waals surface area contributed by atoms with Crippen LogP contribution in [0.4, 0.5) is 0 Å². The molecule has 0 saturated heterocycles.